The average Bonchev–Trinajstić information content (AvgIpc) is 2.38. The van der Waals surface area contributed by atoms with Crippen molar-refractivity contribution < 1.29 is 14.6 Å². The van der Waals surface area contributed by atoms with E-state index < -0.39 is 0 Å². The zero-order valence-electron chi connectivity index (χ0n) is 11.4. The van der Waals surface area contributed by atoms with Crippen LogP contribution in [-0.2, 0) is 11.3 Å². The Labute approximate surface area is 109 Å². The molecule has 18 heavy (non-hydrogen) atoms. The van der Waals surface area contributed by atoms with Crippen LogP contribution in [0.25, 0.3) is 0 Å². The van der Waals surface area contributed by atoms with Crippen molar-refractivity contribution >= 4 is 5.69 Å². The second kappa shape index (κ2) is 7.95. The Hall–Kier alpha value is -1.26. The van der Waals surface area contributed by atoms with E-state index in [0.717, 1.165) is 30.0 Å². The van der Waals surface area contributed by atoms with Gasteiger partial charge >= 0.3 is 0 Å². The molecule has 0 aromatic heterocycles. The van der Waals surface area contributed by atoms with Crippen LogP contribution in [0.4, 0.5) is 5.69 Å². The third kappa shape index (κ3) is 4.55. The number of rotatable bonds is 8. The van der Waals surface area contributed by atoms with Gasteiger partial charge in [-0.25, -0.2) is 0 Å². The van der Waals surface area contributed by atoms with Gasteiger partial charge in [-0.2, -0.15) is 0 Å². The van der Waals surface area contributed by atoms with Gasteiger partial charge in [0.25, 0.3) is 0 Å². The lowest BCUT2D eigenvalue weighted by atomic mass is 10.1. The van der Waals surface area contributed by atoms with Gasteiger partial charge < -0.3 is 19.9 Å². The van der Waals surface area contributed by atoms with Crippen LogP contribution in [0.3, 0.4) is 0 Å². The summed E-state index contributed by atoms with van der Waals surface area (Å²) in [4.78, 5) is 0. The van der Waals surface area contributed by atoms with Crippen LogP contribution in [0, 0.1) is 0 Å². The molecule has 0 heterocycles. The fraction of sp³-hybridized carbons (Fsp3) is 0.571. The summed E-state index contributed by atoms with van der Waals surface area (Å²) in [6, 6.07) is 6.11. The predicted molar refractivity (Wildman–Crippen MR) is 73.1 cm³/mol. The van der Waals surface area contributed by atoms with Crippen LogP contribution in [-0.4, -0.2) is 31.5 Å². The van der Waals surface area contributed by atoms with Crippen molar-refractivity contribution in [3.8, 4) is 5.75 Å². The fourth-order valence-electron chi connectivity index (χ4n) is 1.74. The summed E-state index contributed by atoms with van der Waals surface area (Å²) in [5.41, 5.74) is 1.80. The molecule has 0 saturated heterocycles. The monoisotopic (exact) mass is 253 g/mol. The van der Waals surface area contributed by atoms with Gasteiger partial charge in [0.2, 0.25) is 0 Å². The van der Waals surface area contributed by atoms with E-state index in [2.05, 4.69) is 12.2 Å². The molecular weight excluding hydrogens is 230 g/mol. The number of benzene rings is 1. The molecule has 1 aromatic carbocycles. The smallest absolute Gasteiger partial charge is 0.124 e. The van der Waals surface area contributed by atoms with Crippen LogP contribution in [0.1, 0.15) is 25.8 Å². The van der Waals surface area contributed by atoms with Crippen LogP contribution >= 0.6 is 0 Å². The molecule has 1 rings (SSSR count). The van der Waals surface area contributed by atoms with Gasteiger partial charge in [0.05, 0.1) is 13.2 Å². The summed E-state index contributed by atoms with van der Waals surface area (Å²) in [6.07, 6.45) is 0.943. The normalized spacial score (nSPS) is 12.2. The highest BCUT2D eigenvalue weighted by Gasteiger charge is 2.06. The summed E-state index contributed by atoms with van der Waals surface area (Å²) in [5.74, 6) is 0.745. The molecule has 102 valence electrons. The minimum Gasteiger partial charge on any atom is -0.494 e. The molecule has 0 fully saturated rings. The molecule has 2 N–H and O–H groups in total. The maximum atomic E-state index is 9.32. The SMILES string of the molecule is CCOc1ccc(NC(C)CCOC)cc1CO. The minimum absolute atomic E-state index is 0.0166. The predicted octanol–water partition coefficient (Wildman–Crippen LogP) is 2.41. The van der Waals surface area contributed by atoms with E-state index >= 15 is 0 Å². The summed E-state index contributed by atoms with van der Waals surface area (Å²) in [5, 5.41) is 12.7. The van der Waals surface area contributed by atoms with Gasteiger partial charge in [-0.1, -0.05) is 0 Å². The first-order valence-corrected chi connectivity index (χ1v) is 6.33. The second-order valence-corrected chi connectivity index (χ2v) is 4.24. The molecule has 0 aliphatic carbocycles. The van der Waals surface area contributed by atoms with Gasteiger partial charge in [0.15, 0.2) is 0 Å². The molecule has 4 heteroatoms. The van der Waals surface area contributed by atoms with E-state index in [-0.39, 0.29) is 6.61 Å². The summed E-state index contributed by atoms with van der Waals surface area (Å²) in [7, 11) is 1.70. The van der Waals surface area contributed by atoms with Crippen LogP contribution in [0.2, 0.25) is 0 Å². The Bertz CT molecular complexity index is 355. The molecule has 1 atom stereocenters. The lowest BCUT2D eigenvalue weighted by Crippen LogP contribution is -2.17. The quantitative estimate of drug-likeness (QED) is 0.747. The molecule has 0 amide bonds. The van der Waals surface area contributed by atoms with Crippen molar-refractivity contribution in [1.82, 2.24) is 0 Å². The largest absolute Gasteiger partial charge is 0.494 e. The Balaban J connectivity index is 2.66. The number of hydrogen-bond donors (Lipinski definition) is 2. The van der Waals surface area contributed by atoms with Crippen LogP contribution in [0.5, 0.6) is 5.75 Å². The average molecular weight is 253 g/mol. The third-order valence-electron chi connectivity index (χ3n) is 2.70. The third-order valence-corrected chi connectivity index (χ3v) is 2.70. The highest BCUT2D eigenvalue weighted by atomic mass is 16.5. The van der Waals surface area contributed by atoms with Crippen LogP contribution in [0.15, 0.2) is 18.2 Å². The van der Waals surface area contributed by atoms with E-state index in [9.17, 15) is 5.11 Å². The molecule has 0 bridgehead atoms. The molecule has 0 aliphatic rings. The number of nitrogens with one attached hydrogen (secondary N) is 1. The van der Waals surface area contributed by atoms with Gasteiger partial charge in [-0.05, 0) is 38.5 Å². The number of aliphatic hydroxyl groups is 1. The van der Waals surface area contributed by atoms with Crippen molar-refractivity contribution in [1.29, 1.82) is 0 Å². The van der Waals surface area contributed by atoms with Crippen LogP contribution < -0.4 is 10.1 Å². The lowest BCUT2D eigenvalue weighted by Gasteiger charge is -2.16. The Kier molecular flexibility index (Phi) is 6.54. The summed E-state index contributed by atoms with van der Waals surface area (Å²) in [6.45, 7) is 5.35. The maximum Gasteiger partial charge on any atom is 0.124 e. The zero-order valence-corrected chi connectivity index (χ0v) is 11.4. The molecular formula is C14H23NO3. The van der Waals surface area contributed by atoms with Crippen molar-refractivity contribution in [2.45, 2.75) is 32.9 Å². The first-order chi connectivity index (χ1) is 8.71. The fourth-order valence-corrected chi connectivity index (χ4v) is 1.74. The number of aliphatic hydroxyl groups excluding tert-OH is 1. The number of anilines is 1. The Morgan fingerprint density at radius 3 is 2.78 bits per heavy atom. The van der Waals surface area contributed by atoms with Gasteiger partial charge in [0, 0.05) is 31.0 Å². The summed E-state index contributed by atoms with van der Waals surface area (Å²) < 4.78 is 10.5. The first kappa shape index (κ1) is 14.8. The van der Waals surface area contributed by atoms with E-state index in [0.29, 0.717) is 12.6 Å². The molecule has 0 saturated carbocycles. The second-order valence-electron chi connectivity index (χ2n) is 4.24. The molecule has 0 aliphatic heterocycles. The van der Waals surface area contributed by atoms with E-state index in [1.165, 1.54) is 0 Å². The minimum atomic E-state index is -0.0166. The molecule has 0 spiro atoms. The first-order valence-electron chi connectivity index (χ1n) is 6.33. The van der Waals surface area contributed by atoms with Crippen molar-refractivity contribution in [3.05, 3.63) is 23.8 Å². The summed E-state index contributed by atoms with van der Waals surface area (Å²) >= 11 is 0. The zero-order chi connectivity index (χ0) is 13.4. The van der Waals surface area contributed by atoms with E-state index in [1.807, 2.05) is 25.1 Å². The number of hydrogen-bond acceptors (Lipinski definition) is 4. The van der Waals surface area contributed by atoms with E-state index in [4.69, 9.17) is 9.47 Å². The van der Waals surface area contributed by atoms with Gasteiger partial charge in [-0.3, -0.25) is 0 Å². The molecule has 1 aromatic rings. The topological polar surface area (TPSA) is 50.7 Å². The van der Waals surface area contributed by atoms with Gasteiger partial charge in [0.1, 0.15) is 5.75 Å². The number of ether oxygens (including phenoxy) is 2. The highest BCUT2D eigenvalue weighted by molar-refractivity contribution is 5.51. The molecule has 1 unspecified atom stereocenters. The standard InChI is InChI=1S/C14H23NO3/c1-4-18-14-6-5-13(9-12(14)10-16)15-11(2)7-8-17-3/h5-6,9,11,15-16H,4,7-8,10H2,1-3H3. The van der Waals surface area contributed by atoms with Gasteiger partial charge in [-0.15, -0.1) is 0 Å². The van der Waals surface area contributed by atoms with E-state index in [1.54, 1.807) is 7.11 Å². The van der Waals surface area contributed by atoms with Crippen molar-refractivity contribution in [3.63, 3.8) is 0 Å². The van der Waals surface area contributed by atoms with Crippen molar-refractivity contribution in [2.24, 2.45) is 0 Å². The highest BCUT2D eigenvalue weighted by Crippen LogP contribution is 2.23. The molecule has 4 nitrogen and oxygen atoms in total. The Morgan fingerprint density at radius 1 is 1.39 bits per heavy atom. The lowest BCUT2D eigenvalue weighted by molar-refractivity contribution is 0.191. The van der Waals surface area contributed by atoms with Crippen molar-refractivity contribution in [2.75, 3.05) is 25.6 Å². The number of methoxy groups -OCH3 is 1. The Morgan fingerprint density at radius 2 is 2.17 bits per heavy atom. The molecule has 0 radical (unpaired) electrons. The maximum absolute atomic E-state index is 9.32.